The van der Waals surface area contributed by atoms with E-state index in [4.69, 9.17) is 0 Å². The number of hydrogen-bond donors (Lipinski definition) is 0. The van der Waals surface area contributed by atoms with E-state index in [1.54, 1.807) is 0 Å². The average molecular weight is 245 g/mol. The van der Waals surface area contributed by atoms with Crippen LogP contribution in [-0.2, 0) is 6.42 Å². The Kier molecular flexibility index (Phi) is 4.43. The fourth-order valence-corrected chi connectivity index (χ4v) is 1.70. The second-order valence-corrected chi connectivity index (χ2v) is 4.06. The first kappa shape index (κ1) is 10.7. The number of rotatable bonds is 4. The van der Waals surface area contributed by atoms with Crippen LogP contribution in [0.1, 0.15) is 31.7 Å². The molecule has 0 radical (unpaired) electrons. The molecule has 1 rings (SSSR count). The Bertz CT molecular complexity index is 271. The molecule has 0 atom stereocenters. The van der Waals surface area contributed by atoms with Gasteiger partial charge in [-0.15, -0.1) is 0 Å². The lowest BCUT2D eigenvalue weighted by Gasteiger charge is -2.01. The maximum Gasteiger partial charge on any atom is 0.137 e. The van der Waals surface area contributed by atoms with Crippen LogP contribution in [0, 0.1) is 5.82 Å². The van der Waals surface area contributed by atoms with Gasteiger partial charge in [-0.2, -0.15) is 0 Å². The third kappa shape index (κ3) is 3.47. The van der Waals surface area contributed by atoms with Gasteiger partial charge in [0, 0.05) is 0 Å². The maximum absolute atomic E-state index is 12.8. The standard InChI is InChI=1S/C11H14BrF/c1-2-3-4-5-9-6-7-11(13)10(12)8-9/h6-8H,2-5H2,1H3. The number of halogens is 2. The second-order valence-electron chi connectivity index (χ2n) is 3.21. The summed E-state index contributed by atoms with van der Waals surface area (Å²) in [7, 11) is 0. The van der Waals surface area contributed by atoms with E-state index in [1.807, 2.05) is 12.1 Å². The van der Waals surface area contributed by atoms with Crippen molar-refractivity contribution in [3.63, 3.8) is 0 Å². The van der Waals surface area contributed by atoms with Crippen LogP contribution in [0.25, 0.3) is 0 Å². The molecule has 0 spiro atoms. The number of aryl methyl sites for hydroxylation is 1. The summed E-state index contributed by atoms with van der Waals surface area (Å²) in [4.78, 5) is 0. The van der Waals surface area contributed by atoms with Crippen LogP contribution in [0.2, 0.25) is 0 Å². The van der Waals surface area contributed by atoms with Crippen molar-refractivity contribution in [2.24, 2.45) is 0 Å². The zero-order chi connectivity index (χ0) is 9.68. The van der Waals surface area contributed by atoms with Gasteiger partial charge in [0.05, 0.1) is 4.47 Å². The highest BCUT2D eigenvalue weighted by molar-refractivity contribution is 9.10. The zero-order valence-electron chi connectivity index (χ0n) is 7.82. The Morgan fingerprint density at radius 3 is 2.69 bits per heavy atom. The molecular weight excluding hydrogens is 231 g/mol. The predicted molar refractivity (Wildman–Crippen MR) is 57.3 cm³/mol. The highest BCUT2D eigenvalue weighted by Crippen LogP contribution is 2.18. The Balaban J connectivity index is 2.53. The molecule has 0 aromatic heterocycles. The number of hydrogen-bond acceptors (Lipinski definition) is 0. The minimum absolute atomic E-state index is 0.181. The van der Waals surface area contributed by atoms with Crippen molar-refractivity contribution in [1.82, 2.24) is 0 Å². The summed E-state index contributed by atoms with van der Waals surface area (Å²) in [6.45, 7) is 2.18. The second kappa shape index (κ2) is 5.38. The van der Waals surface area contributed by atoms with E-state index < -0.39 is 0 Å². The molecular formula is C11H14BrF. The lowest BCUT2D eigenvalue weighted by molar-refractivity contribution is 0.619. The van der Waals surface area contributed by atoms with Crippen molar-refractivity contribution >= 4 is 15.9 Å². The highest BCUT2D eigenvalue weighted by Gasteiger charge is 1.99. The van der Waals surface area contributed by atoms with Crippen molar-refractivity contribution in [1.29, 1.82) is 0 Å². The van der Waals surface area contributed by atoms with Crippen LogP contribution < -0.4 is 0 Å². The lowest BCUT2D eigenvalue weighted by atomic mass is 10.1. The Morgan fingerprint density at radius 1 is 1.31 bits per heavy atom. The first-order chi connectivity index (χ1) is 6.24. The Morgan fingerprint density at radius 2 is 2.08 bits per heavy atom. The molecule has 0 amide bonds. The molecule has 0 saturated carbocycles. The lowest BCUT2D eigenvalue weighted by Crippen LogP contribution is -1.87. The van der Waals surface area contributed by atoms with Gasteiger partial charge in [-0.05, 0) is 46.5 Å². The maximum atomic E-state index is 12.8. The van der Waals surface area contributed by atoms with Gasteiger partial charge in [0.1, 0.15) is 5.82 Å². The number of unbranched alkanes of at least 4 members (excludes halogenated alkanes) is 2. The summed E-state index contributed by atoms with van der Waals surface area (Å²) >= 11 is 3.18. The summed E-state index contributed by atoms with van der Waals surface area (Å²) in [5, 5.41) is 0. The van der Waals surface area contributed by atoms with Crippen molar-refractivity contribution in [3.8, 4) is 0 Å². The van der Waals surface area contributed by atoms with Gasteiger partial charge >= 0.3 is 0 Å². The van der Waals surface area contributed by atoms with Crippen LogP contribution in [0.3, 0.4) is 0 Å². The predicted octanol–water partition coefficient (Wildman–Crippen LogP) is 4.32. The topological polar surface area (TPSA) is 0 Å². The molecule has 0 heterocycles. The average Bonchev–Trinajstić information content (AvgIpc) is 2.12. The van der Waals surface area contributed by atoms with Crippen LogP contribution in [-0.4, -0.2) is 0 Å². The molecule has 1 aromatic rings. The van der Waals surface area contributed by atoms with E-state index >= 15 is 0 Å². The van der Waals surface area contributed by atoms with Crippen molar-refractivity contribution < 1.29 is 4.39 Å². The normalized spacial score (nSPS) is 10.4. The van der Waals surface area contributed by atoms with Crippen LogP contribution in [0.15, 0.2) is 22.7 Å². The molecule has 0 bridgehead atoms. The molecule has 0 saturated heterocycles. The summed E-state index contributed by atoms with van der Waals surface area (Å²) in [6, 6.07) is 5.24. The zero-order valence-corrected chi connectivity index (χ0v) is 9.40. The van der Waals surface area contributed by atoms with Gasteiger partial charge in [-0.1, -0.05) is 25.8 Å². The third-order valence-electron chi connectivity index (χ3n) is 2.05. The van der Waals surface area contributed by atoms with Crippen molar-refractivity contribution in [2.45, 2.75) is 32.6 Å². The van der Waals surface area contributed by atoms with E-state index in [-0.39, 0.29) is 5.82 Å². The molecule has 0 aliphatic heterocycles. The quantitative estimate of drug-likeness (QED) is 0.693. The van der Waals surface area contributed by atoms with Crippen LogP contribution in [0.4, 0.5) is 4.39 Å². The monoisotopic (exact) mass is 244 g/mol. The van der Waals surface area contributed by atoms with E-state index in [0.717, 1.165) is 6.42 Å². The van der Waals surface area contributed by atoms with E-state index in [1.165, 1.54) is 30.9 Å². The number of benzene rings is 1. The molecule has 0 aliphatic carbocycles. The van der Waals surface area contributed by atoms with E-state index in [2.05, 4.69) is 22.9 Å². The molecule has 0 aliphatic rings. The minimum atomic E-state index is -0.181. The molecule has 2 heteroatoms. The van der Waals surface area contributed by atoms with Crippen molar-refractivity contribution in [3.05, 3.63) is 34.1 Å². The molecule has 1 aromatic carbocycles. The highest BCUT2D eigenvalue weighted by atomic mass is 79.9. The molecule has 13 heavy (non-hydrogen) atoms. The first-order valence-corrected chi connectivity index (χ1v) is 5.47. The Labute approximate surface area is 87.3 Å². The van der Waals surface area contributed by atoms with Crippen molar-refractivity contribution in [2.75, 3.05) is 0 Å². The summed E-state index contributed by atoms with van der Waals surface area (Å²) in [5.74, 6) is -0.181. The molecule has 0 fully saturated rings. The van der Waals surface area contributed by atoms with Gasteiger partial charge in [0.2, 0.25) is 0 Å². The van der Waals surface area contributed by atoms with Crippen LogP contribution >= 0.6 is 15.9 Å². The first-order valence-electron chi connectivity index (χ1n) is 4.68. The largest absolute Gasteiger partial charge is 0.206 e. The van der Waals surface area contributed by atoms with Gasteiger partial charge in [-0.25, -0.2) is 4.39 Å². The molecule has 72 valence electrons. The third-order valence-corrected chi connectivity index (χ3v) is 2.66. The van der Waals surface area contributed by atoms with Gasteiger partial charge < -0.3 is 0 Å². The molecule has 0 N–H and O–H groups in total. The van der Waals surface area contributed by atoms with E-state index in [9.17, 15) is 4.39 Å². The Hall–Kier alpha value is -0.370. The minimum Gasteiger partial charge on any atom is -0.206 e. The van der Waals surface area contributed by atoms with E-state index in [0.29, 0.717) is 4.47 Å². The van der Waals surface area contributed by atoms with Gasteiger partial charge in [0.15, 0.2) is 0 Å². The summed E-state index contributed by atoms with van der Waals surface area (Å²) in [5.41, 5.74) is 1.21. The summed E-state index contributed by atoms with van der Waals surface area (Å²) in [6.07, 6.45) is 4.71. The smallest absolute Gasteiger partial charge is 0.137 e. The molecule has 0 unspecified atom stereocenters. The van der Waals surface area contributed by atoms with Crippen LogP contribution in [0.5, 0.6) is 0 Å². The van der Waals surface area contributed by atoms with Gasteiger partial charge in [0.25, 0.3) is 0 Å². The SMILES string of the molecule is CCCCCc1ccc(F)c(Br)c1. The fraction of sp³-hybridized carbons (Fsp3) is 0.455. The molecule has 0 nitrogen and oxygen atoms in total. The fourth-order valence-electron chi connectivity index (χ4n) is 1.27. The summed E-state index contributed by atoms with van der Waals surface area (Å²) < 4.78 is 13.4. The van der Waals surface area contributed by atoms with Gasteiger partial charge in [-0.3, -0.25) is 0 Å².